The molecule has 0 aliphatic carbocycles. The maximum Gasteiger partial charge on any atom is 0.240 e. The molecule has 1 saturated heterocycles. The van der Waals surface area contributed by atoms with Crippen molar-refractivity contribution < 1.29 is 22.6 Å². The minimum atomic E-state index is -3.61. The zero-order chi connectivity index (χ0) is 19.6. The van der Waals surface area contributed by atoms with Crippen LogP contribution in [0, 0.1) is 0 Å². The SMILES string of the molecule is O=S(=O)(NC[C@@H](c1ccc2c(c1)OCO2)N1CCOCC1)c1ccc(Br)cc1. The van der Waals surface area contributed by atoms with Gasteiger partial charge in [0.1, 0.15) is 0 Å². The van der Waals surface area contributed by atoms with E-state index in [1.807, 2.05) is 18.2 Å². The van der Waals surface area contributed by atoms with E-state index in [1.54, 1.807) is 24.3 Å². The average Bonchev–Trinajstić information content (AvgIpc) is 3.17. The molecule has 4 rings (SSSR count). The van der Waals surface area contributed by atoms with Gasteiger partial charge in [-0.2, -0.15) is 0 Å². The number of benzene rings is 2. The number of morpholine rings is 1. The van der Waals surface area contributed by atoms with E-state index in [9.17, 15) is 8.42 Å². The minimum Gasteiger partial charge on any atom is -0.454 e. The van der Waals surface area contributed by atoms with Crippen molar-refractivity contribution >= 4 is 26.0 Å². The Morgan fingerprint density at radius 2 is 1.75 bits per heavy atom. The van der Waals surface area contributed by atoms with Crippen LogP contribution in [0.4, 0.5) is 0 Å². The fourth-order valence-corrected chi connectivity index (χ4v) is 4.66. The third-order valence-electron chi connectivity index (χ3n) is 4.86. The molecule has 0 amide bonds. The number of hydrogen-bond acceptors (Lipinski definition) is 6. The summed E-state index contributed by atoms with van der Waals surface area (Å²) in [7, 11) is -3.61. The normalized spacial score (nSPS) is 18.2. The lowest BCUT2D eigenvalue weighted by molar-refractivity contribution is 0.0171. The molecule has 2 heterocycles. The van der Waals surface area contributed by atoms with Gasteiger partial charge in [-0.1, -0.05) is 22.0 Å². The first kappa shape index (κ1) is 19.7. The highest BCUT2D eigenvalue weighted by molar-refractivity contribution is 9.10. The van der Waals surface area contributed by atoms with Crippen LogP contribution in [0.2, 0.25) is 0 Å². The smallest absolute Gasteiger partial charge is 0.240 e. The van der Waals surface area contributed by atoms with E-state index in [-0.39, 0.29) is 24.3 Å². The third kappa shape index (κ3) is 4.33. The number of sulfonamides is 1. The van der Waals surface area contributed by atoms with Crippen LogP contribution in [-0.2, 0) is 14.8 Å². The van der Waals surface area contributed by atoms with E-state index in [0.29, 0.717) is 24.7 Å². The van der Waals surface area contributed by atoms with Crippen molar-refractivity contribution in [2.24, 2.45) is 0 Å². The second-order valence-corrected chi connectivity index (χ2v) is 9.27. The van der Waals surface area contributed by atoms with Crippen LogP contribution >= 0.6 is 15.9 Å². The number of nitrogens with one attached hydrogen (secondary N) is 1. The van der Waals surface area contributed by atoms with Crippen LogP contribution in [0.5, 0.6) is 11.5 Å². The second kappa shape index (κ2) is 8.38. The van der Waals surface area contributed by atoms with E-state index in [4.69, 9.17) is 14.2 Å². The second-order valence-electron chi connectivity index (χ2n) is 6.58. The van der Waals surface area contributed by atoms with Crippen LogP contribution in [0.25, 0.3) is 0 Å². The minimum absolute atomic E-state index is 0.136. The lowest BCUT2D eigenvalue weighted by Gasteiger charge is -2.35. The molecule has 9 heteroatoms. The molecule has 0 spiro atoms. The van der Waals surface area contributed by atoms with Crippen molar-refractivity contribution in [2.75, 3.05) is 39.6 Å². The van der Waals surface area contributed by atoms with E-state index >= 15 is 0 Å². The lowest BCUT2D eigenvalue weighted by atomic mass is 10.0. The van der Waals surface area contributed by atoms with Crippen molar-refractivity contribution in [1.82, 2.24) is 9.62 Å². The monoisotopic (exact) mass is 468 g/mol. The fraction of sp³-hybridized carbons (Fsp3) is 0.368. The highest BCUT2D eigenvalue weighted by atomic mass is 79.9. The van der Waals surface area contributed by atoms with Crippen molar-refractivity contribution in [2.45, 2.75) is 10.9 Å². The van der Waals surface area contributed by atoms with Gasteiger partial charge in [-0.3, -0.25) is 4.90 Å². The highest BCUT2D eigenvalue weighted by Gasteiger charge is 2.27. The molecule has 1 fully saturated rings. The van der Waals surface area contributed by atoms with Gasteiger partial charge in [0.25, 0.3) is 0 Å². The summed E-state index contributed by atoms with van der Waals surface area (Å²) >= 11 is 3.33. The predicted molar refractivity (Wildman–Crippen MR) is 107 cm³/mol. The molecule has 1 atom stereocenters. The van der Waals surface area contributed by atoms with Gasteiger partial charge in [-0.05, 0) is 42.0 Å². The Bertz CT molecular complexity index is 930. The first-order valence-corrected chi connectivity index (χ1v) is 11.3. The molecule has 2 aliphatic heterocycles. The number of rotatable bonds is 6. The Balaban J connectivity index is 1.56. The molecule has 28 heavy (non-hydrogen) atoms. The summed E-state index contributed by atoms with van der Waals surface area (Å²) < 4.78 is 45.4. The molecule has 2 aliphatic rings. The molecule has 7 nitrogen and oxygen atoms in total. The van der Waals surface area contributed by atoms with Crippen molar-refractivity contribution in [1.29, 1.82) is 0 Å². The van der Waals surface area contributed by atoms with Crippen molar-refractivity contribution in [3.8, 4) is 11.5 Å². The molecule has 2 aromatic rings. The van der Waals surface area contributed by atoms with E-state index in [1.165, 1.54) is 0 Å². The van der Waals surface area contributed by atoms with Crippen LogP contribution < -0.4 is 14.2 Å². The summed E-state index contributed by atoms with van der Waals surface area (Å²) in [4.78, 5) is 2.47. The van der Waals surface area contributed by atoms with Gasteiger partial charge >= 0.3 is 0 Å². The quantitative estimate of drug-likeness (QED) is 0.701. The Hall–Kier alpha value is -1.65. The Morgan fingerprint density at radius 3 is 2.50 bits per heavy atom. The number of nitrogens with zero attached hydrogens (tertiary/aromatic N) is 1. The maximum atomic E-state index is 12.7. The molecule has 0 radical (unpaired) electrons. The molecule has 0 saturated carbocycles. The summed E-state index contributed by atoms with van der Waals surface area (Å²) in [5.41, 5.74) is 0.977. The summed E-state index contributed by atoms with van der Waals surface area (Å²) in [6.45, 7) is 3.18. The Labute approximate surface area is 172 Å². The van der Waals surface area contributed by atoms with Gasteiger partial charge in [-0.15, -0.1) is 0 Å². The average molecular weight is 469 g/mol. The Morgan fingerprint density at radius 1 is 1.04 bits per heavy atom. The molecule has 2 aromatic carbocycles. The summed E-state index contributed by atoms with van der Waals surface area (Å²) in [5.74, 6) is 1.39. The topological polar surface area (TPSA) is 77.1 Å². The van der Waals surface area contributed by atoms with Crippen LogP contribution in [0.3, 0.4) is 0 Å². The van der Waals surface area contributed by atoms with E-state index in [2.05, 4.69) is 25.6 Å². The van der Waals surface area contributed by atoms with Gasteiger partial charge in [-0.25, -0.2) is 13.1 Å². The Kier molecular flexibility index (Phi) is 5.88. The molecule has 0 unspecified atom stereocenters. The van der Waals surface area contributed by atoms with Crippen LogP contribution in [-0.4, -0.2) is 53.0 Å². The number of ether oxygens (including phenoxy) is 3. The molecular weight excluding hydrogens is 448 g/mol. The predicted octanol–water partition coefficient (Wildman–Crippen LogP) is 2.53. The zero-order valence-corrected chi connectivity index (χ0v) is 17.5. The van der Waals surface area contributed by atoms with Crippen LogP contribution in [0.1, 0.15) is 11.6 Å². The summed E-state index contributed by atoms with van der Waals surface area (Å²) in [6.07, 6.45) is 0. The summed E-state index contributed by atoms with van der Waals surface area (Å²) in [6, 6.07) is 12.2. The molecule has 0 bridgehead atoms. The van der Waals surface area contributed by atoms with E-state index < -0.39 is 10.0 Å². The molecule has 1 N–H and O–H groups in total. The number of hydrogen-bond donors (Lipinski definition) is 1. The van der Waals surface area contributed by atoms with E-state index in [0.717, 1.165) is 23.1 Å². The van der Waals surface area contributed by atoms with Gasteiger partial charge in [0.15, 0.2) is 11.5 Å². The standard InChI is InChI=1S/C19H21BrN2O5S/c20-15-2-4-16(5-3-15)28(23,24)21-12-17(22-7-9-25-10-8-22)14-1-6-18-19(11-14)27-13-26-18/h1-6,11,17,21H,7-10,12-13H2/t17-/m0/s1. The zero-order valence-electron chi connectivity index (χ0n) is 15.1. The molecule has 0 aromatic heterocycles. The first-order valence-electron chi connectivity index (χ1n) is 8.99. The molecule has 150 valence electrons. The first-order chi connectivity index (χ1) is 13.5. The van der Waals surface area contributed by atoms with Gasteiger partial charge < -0.3 is 14.2 Å². The highest BCUT2D eigenvalue weighted by Crippen LogP contribution is 2.35. The third-order valence-corrected chi connectivity index (χ3v) is 6.83. The largest absolute Gasteiger partial charge is 0.454 e. The fourth-order valence-electron chi connectivity index (χ4n) is 3.35. The molecular formula is C19H21BrN2O5S. The van der Waals surface area contributed by atoms with Gasteiger partial charge in [0.05, 0.1) is 18.1 Å². The lowest BCUT2D eigenvalue weighted by Crippen LogP contribution is -2.43. The van der Waals surface area contributed by atoms with Gasteiger partial charge in [0, 0.05) is 30.1 Å². The van der Waals surface area contributed by atoms with Crippen LogP contribution in [0.15, 0.2) is 51.8 Å². The van der Waals surface area contributed by atoms with Crippen molar-refractivity contribution in [3.05, 3.63) is 52.5 Å². The number of halogens is 1. The van der Waals surface area contributed by atoms with Crippen molar-refractivity contribution in [3.63, 3.8) is 0 Å². The number of fused-ring (bicyclic) bond motifs is 1. The van der Waals surface area contributed by atoms with Gasteiger partial charge in [0.2, 0.25) is 16.8 Å². The maximum absolute atomic E-state index is 12.7. The summed E-state index contributed by atoms with van der Waals surface area (Å²) in [5, 5.41) is 0.